The molecule has 0 spiro atoms. The number of nitrogens with zero attached hydrogens (tertiary/aromatic N) is 5. The fraction of sp³-hybridized carbons (Fsp3) is 0.133. The predicted octanol–water partition coefficient (Wildman–Crippen LogP) is 3.54. The molecule has 0 aliphatic heterocycles. The summed E-state index contributed by atoms with van der Waals surface area (Å²) in [6.45, 7) is 1.70. The number of anilines is 1. The van der Waals surface area contributed by atoms with Gasteiger partial charge in [-0.1, -0.05) is 41.0 Å². The minimum atomic E-state index is -0.412. The van der Waals surface area contributed by atoms with Gasteiger partial charge in [0.1, 0.15) is 5.82 Å². The lowest BCUT2D eigenvalue weighted by Crippen LogP contribution is -2.16. The highest BCUT2D eigenvalue weighted by Gasteiger charge is 2.14. The molecule has 0 bridgehead atoms. The Balaban J connectivity index is 1.68. The number of benzene rings is 1. The number of carbonyl (C=O) groups is 1. The number of pyridine rings is 1. The molecule has 134 valence electrons. The molecular formula is C15H11Cl2FN6OS. The van der Waals surface area contributed by atoms with Gasteiger partial charge in [0.15, 0.2) is 5.82 Å². The molecule has 3 aromatic rings. The Labute approximate surface area is 161 Å². The van der Waals surface area contributed by atoms with Gasteiger partial charge in [0, 0.05) is 0 Å². The molecule has 2 heterocycles. The van der Waals surface area contributed by atoms with Crippen molar-refractivity contribution in [1.29, 1.82) is 0 Å². The van der Waals surface area contributed by atoms with E-state index >= 15 is 0 Å². The zero-order valence-corrected chi connectivity index (χ0v) is 15.6. The average Bonchev–Trinajstić information content (AvgIpc) is 3.06. The molecule has 0 radical (unpaired) electrons. The van der Waals surface area contributed by atoms with E-state index in [-0.39, 0.29) is 22.5 Å². The average molecular weight is 413 g/mol. The Kier molecular flexibility index (Phi) is 5.70. The van der Waals surface area contributed by atoms with Crippen LogP contribution in [0.1, 0.15) is 5.69 Å². The van der Waals surface area contributed by atoms with Gasteiger partial charge in [0.2, 0.25) is 11.1 Å². The van der Waals surface area contributed by atoms with Crippen LogP contribution in [0, 0.1) is 12.7 Å². The van der Waals surface area contributed by atoms with E-state index in [1.54, 1.807) is 19.1 Å². The van der Waals surface area contributed by atoms with Crippen LogP contribution in [0.5, 0.6) is 0 Å². The second kappa shape index (κ2) is 7.98. The third kappa shape index (κ3) is 4.29. The monoisotopic (exact) mass is 412 g/mol. The number of thioether (sulfide) groups is 1. The highest BCUT2D eigenvalue weighted by Crippen LogP contribution is 2.26. The van der Waals surface area contributed by atoms with Crippen LogP contribution in [0.4, 0.5) is 10.2 Å². The van der Waals surface area contributed by atoms with E-state index in [1.807, 2.05) is 0 Å². The molecule has 2 aromatic heterocycles. The lowest BCUT2D eigenvalue weighted by atomic mass is 10.3. The van der Waals surface area contributed by atoms with E-state index in [2.05, 4.69) is 25.8 Å². The Hall–Kier alpha value is -2.23. The lowest BCUT2D eigenvalue weighted by Gasteiger charge is -2.08. The Morgan fingerprint density at radius 3 is 2.88 bits per heavy atom. The molecule has 1 amide bonds. The standard InChI is InChI=1S/C15H11Cl2FN6OS/c1-8-11(16)6-12(17)14(19-8)20-13(25)7-26-15-21-22-23-24(15)10-4-2-3-9(18)5-10/h2-6H,7H2,1H3,(H,19,20,25). The number of tetrazole rings is 1. The summed E-state index contributed by atoms with van der Waals surface area (Å²) >= 11 is 13.0. The maximum Gasteiger partial charge on any atom is 0.236 e. The topological polar surface area (TPSA) is 85.6 Å². The minimum Gasteiger partial charge on any atom is -0.309 e. The van der Waals surface area contributed by atoms with E-state index in [9.17, 15) is 9.18 Å². The van der Waals surface area contributed by atoms with Crippen molar-refractivity contribution in [1.82, 2.24) is 25.2 Å². The fourth-order valence-corrected chi connectivity index (χ4v) is 3.08. The van der Waals surface area contributed by atoms with Crippen LogP contribution in [-0.4, -0.2) is 36.9 Å². The van der Waals surface area contributed by atoms with Gasteiger partial charge < -0.3 is 5.32 Å². The fourth-order valence-electron chi connectivity index (χ4n) is 1.98. The third-order valence-electron chi connectivity index (χ3n) is 3.19. The molecule has 11 heteroatoms. The summed E-state index contributed by atoms with van der Waals surface area (Å²) in [6.07, 6.45) is 0. The molecule has 0 saturated heterocycles. The van der Waals surface area contributed by atoms with Gasteiger partial charge in [-0.25, -0.2) is 9.37 Å². The first kappa shape index (κ1) is 18.6. The summed E-state index contributed by atoms with van der Waals surface area (Å²) in [4.78, 5) is 16.3. The molecule has 26 heavy (non-hydrogen) atoms. The molecule has 1 N–H and O–H groups in total. The molecular weight excluding hydrogens is 402 g/mol. The molecule has 0 saturated carbocycles. The molecule has 0 atom stereocenters. The number of hydrogen-bond acceptors (Lipinski definition) is 6. The second-order valence-electron chi connectivity index (χ2n) is 5.08. The first-order valence-corrected chi connectivity index (χ1v) is 8.98. The van der Waals surface area contributed by atoms with Crippen molar-refractivity contribution < 1.29 is 9.18 Å². The maximum atomic E-state index is 13.4. The zero-order chi connectivity index (χ0) is 18.7. The highest BCUT2D eigenvalue weighted by atomic mass is 35.5. The van der Waals surface area contributed by atoms with E-state index in [0.717, 1.165) is 11.8 Å². The van der Waals surface area contributed by atoms with Gasteiger partial charge in [0.25, 0.3) is 0 Å². The largest absolute Gasteiger partial charge is 0.309 e. The lowest BCUT2D eigenvalue weighted by molar-refractivity contribution is -0.113. The number of amides is 1. The van der Waals surface area contributed by atoms with Crippen LogP contribution in [0.25, 0.3) is 5.69 Å². The number of rotatable bonds is 5. The number of aromatic nitrogens is 5. The third-order valence-corrected chi connectivity index (χ3v) is 4.78. The summed E-state index contributed by atoms with van der Waals surface area (Å²) in [5.74, 6) is -0.524. The summed E-state index contributed by atoms with van der Waals surface area (Å²) in [5.41, 5.74) is 1.00. The summed E-state index contributed by atoms with van der Waals surface area (Å²) in [5, 5.41) is 14.8. The quantitative estimate of drug-likeness (QED) is 0.644. The molecule has 3 rings (SSSR count). The van der Waals surface area contributed by atoms with Gasteiger partial charge in [-0.05, 0) is 41.6 Å². The van der Waals surface area contributed by atoms with Crippen LogP contribution in [-0.2, 0) is 4.79 Å². The first-order valence-electron chi connectivity index (χ1n) is 7.23. The SMILES string of the molecule is Cc1nc(NC(=O)CSc2nnnn2-c2cccc(F)c2)c(Cl)cc1Cl. The number of hydrogen-bond donors (Lipinski definition) is 1. The van der Waals surface area contributed by atoms with Crippen molar-refractivity contribution >= 4 is 46.7 Å². The van der Waals surface area contributed by atoms with Crippen LogP contribution in [0.2, 0.25) is 10.0 Å². The number of carbonyl (C=O) groups excluding carboxylic acids is 1. The summed E-state index contributed by atoms with van der Waals surface area (Å²) in [7, 11) is 0. The summed E-state index contributed by atoms with van der Waals surface area (Å²) < 4.78 is 14.7. The van der Waals surface area contributed by atoms with Gasteiger partial charge in [-0.2, -0.15) is 4.68 Å². The Morgan fingerprint density at radius 1 is 1.31 bits per heavy atom. The molecule has 0 aliphatic carbocycles. The van der Waals surface area contributed by atoms with E-state index < -0.39 is 5.82 Å². The van der Waals surface area contributed by atoms with Gasteiger partial charge in [-0.3, -0.25) is 4.79 Å². The highest BCUT2D eigenvalue weighted by molar-refractivity contribution is 7.99. The molecule has 0 aliphatic rings. The van der Waals surface area contributed by atoms with Gasteiger partial charge in [0.05, 0.1) is 27.2 Å². The Morgan fingerprint density at radius 2 is 2.12 bits per heavy atom. The van der Waals surface area contributed by atoms with Crippen LogP contribution < -0.4 is 5.32 Å². The van der Waals surface area contributed by atoms with Crippen LogP contribution >= 0.6 is 35.0 Å². The van der Waals surface area contributed by atoms with E-state index in [1.165, 1.54) is 22.9 Å². The number of halogens is 3. The van der Waals surface area contributed by atoms with Crippen LogP contribution in [0.15, 0.2) is 35.5 Å². The van der Waals surface area contributed by atoms with Crippen molar-refractivity contribution in [3.63, 3.8) is 0 Å². The van der Waals surface area contributed by atoms with Crippen LogP contribution in [0.3, 0.4) is 0 Å². The second-order valence-corrected chi connectivity index (χ2v) is 6.83. The van der Waals surface area contributed by atoms with Crippen molar-refractivity contribution in [2.24, 2.45) is 0 Å². The molecule has 0 fully saturated rings. The van der Waals surface area contributed by atoms with Crippen molar-refractivity contribution in [3.8, 4) is 5.69 Å². The van der Waals surface area contributed by atoms with Crippen molar-refractivity contribution in [3.05, 3.63) is 51.9 Å². The summed E-state index contributed by atoms with van der Waals surface area (Å²) in [6, 6.07) is 7.33. The van der Waals surface area contributed by atoms with Crippen molar-refractivity contribution in [2.75, 3.05) is 11.1 Å². The molecule has 7 nitrogen and oxygen atoms in total. The van der Waals surface area contributed by atoms with E-state index in [0.29, 0.717) is 21.6 Å². The maximum absolute atomic E-state index is 13.4. The number of nitrogens with one attached hydrogen (secondary N) is 1. The zero-order valence-electron chi connectivity index (χ0n) is 13.3. The first-order chi connectivity index (χ1) is 12.4. The predicted molar refractivity (Wildman–Crippen MR) is 97.5 cm³/mol. The normalized spacial score (nSPS) is 10.8. The van der Waals surface area contributed by atoms with Gasteiger partial charge in [-0.15, -0.1) is 5.10 Å². The number of aryl methyl sites for hydroxylation is 1. The van der Waals surface area contributed by atoms with Crippen molar-refractivity contribution in [2.45, 2.75) is 12.1 Å². The smallest absolute Gasteiger partial charge is 0.236 e. The van der Waals surface area contributed by atoms with E-state index in [4.69, 9.17) is 23.2 Å². The minimum absolute atomic E-state index is 0.00930. The molecule has 0 unspecified atom stereocenters. The Bertz CT molecular complexity index is 967. The molecule has 1 aromatic carbocycles. The van der Waals surface area contributed by atoms with Gasteiger partial charge >= 0.3 is 0 Å².